The van der Waals surface area contributed by atoms with Crippen LogP contribution < -0.4 is 14.2 Å². The highest BCUT2D eigenvalue weighted by Crippen LogP contribution is 2.33. The minimum Gasteiger partial charge on any atom is -0.491 e. The number of hydrogen-bond donors (Lipinski definition) is 0. The SMILES string of the molecule is CC(C)C[C@H]1COc2ccccc2C(=O)N(C)CCCCN1C(=O)c1ccc2c(c1)OCO2. The molecule has 0 radical (unpaired) electrons. The summed E-state index contributed by atoms with van der Waals surface area (Å²) in [7, 11) is 1.81. The minimum atomic E-state index is -0.122. The quantitative estimate of drug-likeness (QED) is 0.698. The number of ether oxygens (including phenoxy) is 3. The number of hydrogen-bond acceptors (Lipinski definition) is 5. The lowest BCUT2D eigenvalue weighted by Crippen LogP contribution is -2.45. The smallest absolute Gasteiger partial charge is 0.257 e. The Bertz CT molecular complexity index is 1010. The van der Waals surface area contributed by atoms with Crippen molar-refractivity contribution in [1.82, 2.24) is 9.80 Å². The summed E-state index contributed by atoms with van der Waals surface area (Å²) in [6, 6.07) is 12.6. The molecule has 0 bridgehead atoms. The molecule has 176 valence electrons. The van der Waals surface area contributed by atoms with Gasteiger partial charge in [0.25, 0.3) is 11.8 Å². The van der Waals surface area contributed by atoms with Gasteiger partial charge in [-0.1, -0.05) is 26.0 Å². The predicted octanol–water partition coefficient (Wildman–Crippen LogP) is 4.22. The van der Waals surface area contributed by atoms with Gasteiger partial charge in [-0.2, -0.15) is 0 Å². The second kappa shape index (κ2) is 10.1. The normalized spacial score (nSPS) is 18.9. The van der Waals surface area contributed by atoms with Crippen molar-refractivity contribution in [3.8, 4) is 17.2 Å². The van der Waals surface area contributed by atoms with Crippen LogP contribution in [0.25, 0.3) is 0 Å². The maximum Gasteiger partial charge on any atom is 0.257 e. The summed E-state index contributed by atoms with van der Waals surface area (Å²) in [6.45, 7) is 6.00. The molecule has 1 atom stereocenters. The van der Waals surface area contributed by atoms with Crippen molar-refractivity contribution in [2.24, 2.45) is 5.92 Å². The van der Waals surface area contributed by atoms with E-state index in [0.29, 0.717) is 54.0 Å². The summed E-state index contributed by atoms with van der Waals surface area (Å²) >= 11 is 0. The zero-order chi connectivity index (χ0) is 23.4. The average molecular weight is 453 g/mol. The minimum absolute atomic E-state index is 0.0418. The molecule has 0 spiro atoms. The summed E-state index contributed by atoms with van der Waals surface area (Å²) in [5.74, 6) is 2.10. The summed E-state index contributed by atoms with van der Waals surface area (Å²) in [4.78, 5) is 30.3. The van der Waals surface area contributed by atoms with E-state index in [-0.39, 0.29) is 24.6 Å². The van der Waals surface area contributed by atoms with Gasteiger partial charge in [0, 0.05) is 25.7 Å². The van der Waals surface area contributed by atoms with E-state index in [4.69, 9.17) is 14.2 Å². The van der Waals surface area contributed by atoms with Crippen molar-refractivity contribution in [3.05, 3.63) is 53.6 Å². The molecule has 0 N–H and O–H groups in total. The molecule has 33 heavy (non-hydrogen) atoms. The molecule has 2 amide bonds. The molecule has 0 saturated carbocycles. The van der Waals surface area contributed by atoms with E-state index in [1.165, 1.54) is 0 Å². The first-order valence-corrected chi connectivity index (χ1v) is 11.6. The number of benzene rings is 2. The van der Waals surface area contributed by atoms with Crippen LogP contribution in [0.15, 0.2) is 42.5 Å². The standard InChI is InChI=1S/C26H32N2O5/c1-18(2)14-20-16-31-22-9-5-4-8-21(22)26(30)27(3)12-6-7-13-28(20)25(29)19-10-11-23-24(15-19)33-17-32-23/h4-5,8-11,15,18,20H,6-7,12-14,16-17H2,1-3H3/t20-/m0/s1. The zero-order valence-corrected chi connectivity index (χ0v) is 19.6. The number of carbonyl (C=O) groups excluding carboxylic acids is 2. The lowest BCUT2D eigenvalue weighted by molar-refractivity contribution is 0.0559. The average Bonchev–Trinajstić information content (AvgIpc) is 3.28. The summed E-state index contributed by atoms with van der Waals surface area (Å²) in [6.07, 6.45) is 2.40. The van der Waals surface area contributed by atoms with Gasteiger partial charge in [-0.15, -0.1) is 0 Å². The topological polar surface area (TPSA) is 68.3 Å². The molecular formula is C26H32N2O5. The Kier molecular flexibility index (Phi) is 7.06. The van der Waals surface area contributed by atoms with Gasteiger partial charge in [-0.3, -0.25) is 9.59 Å². The van der Waals surface area contributed by atoms with Gasteiger partial charge in [0.1, 0.15) is 12.4 Å². The van der Waals surface area contributed by atoms with E-state index >= 15 is 0 Å². The fourth-order valence-corrected chi connectivity index (χ4v) is 4.37. The molecule has 0 fully saturated rings. The monoisotopic (exact) mass is 452 g/mol. The molecule has 0 unspecified atom stereocenters. The van der Waals surface area contributed by atoms with Crippen LogP contribution in [-0.2, 0) is 0 Å². The van der Waals surface area contributed by atoms with Gasteiger partial charge in [0.2, 0.25) is 6.79 Å². The third-order valence-electron chi connectivity index (χ3n) is 6.10. The number of carbonyl (C=O) groups is 2. The fraction of sp³-hybridized carbons (Fsp3) is 0.462. The second-order valence-electron chi connectivity index (χ2n) is 9.09. The first-order chi connectivity index (χ1) is 15.9. The van der Waals surface area contributed by atoms with Crippen molar-refractivity contribution in [2.75, 3.05) is 33.5 Å². The highest BCUT2D eigenvalue weighted by Gasteiger charge is 2.29. The maximum atomic E-state index is 13.7. The van der Waals surface area contributed by atoms with E-state index in [1.54, 1.807) is 29.2 Å². The predicted molar refractivity (Wildman–Crippen MR) is 125 cm³/mol. The summed E-state index contributed by atoms with van der Waals surface area (Å²) < 4.78 is 17.1. The number of para-hydroxylation sites is 1. The summed E-state index contributed by atoms with van der Waals surface area (Å²) in [5.41, 5.74) is 1.13. The third kappa shape index (κ3) is 5.24. The molecule has 4 rings (SSSR count). The highest BCUT2D eigenvalue weighted by molar-refractivity contribution is 5.97. The lowest BCUT2D eigenvalue weighted by atomic mass is 10.0. The lowest BCUT2D eigenvalue weighted by Gasteiger charge is -2.34. The first-order valence-electron chi connectivity index (χ1n) is 11.6. The molecular weight excluding hydrogens is 420 g/mol. The zero-order valence-electron chi connectivity index (χ0n) is 19.6. The van der Waals surface area contributed by atoms with Crippen LogP contribution in [0.5, 0.6) is 17.2 Å². The van der Waals surface area contributed by atoms with Gasteiger partial charge in [0.15, 0.2) is 11.5 Å². The van der Waals surface area contributed by atoms with Crippen molar-refractivity contribution >= 4 is 11.8 Å². The Morgan fingerprint density at radius 1 is 1.00 bits per heavy atom. The molecule has 2 aromatic carbocycles. The van der Waals surface area contributed by atoms with Crippen LogP contribution in [-0.4, -0.2) is 61.2 Å². The Hall–Kier alpha value is -3.22. The van der Waals surface area contributed by atoms with Gasteiger partial charge in [-0.25, -0.2) is 0 Å². The Morgan fingerprint density at radius 2 is 1.76 bits per heavy atom. The van der Waals surface area contributed by atoms with Crippen molar-refractivity contribution in [3.63, 3.8) is 0 Å². The van der Waals surface area contributed by atoms with Gasteiger partial charge in [-0.05, 0) is 55.5 Å². The number of fused-ring (bicyclic) bond motifs is 2. The van der Waals surface area contributed by atoms with Crippen LogP contribution in [0.1, 0.15) is 53.8 Å². The number of amides is 2. The van der Waals surface area contributed by atoms with Crippen LogP contribution in [0, 0.1) is 5.92 Å². The number of nitrogens with zero attached hydrogens (tertiary/aromatic N) is 2. The van der Waals surface area contributed by atoms with Gasteiger partial charge in [0.05, 0.1) is 11.6 Å². The van der Waals surface area contributed by atoms with E-state index in [0.717, 1.165) is 19.3 Å². The van der Waals surface area contributed by atoms with E-state index in [9.17, 15) is 9.59 Å². The Morgan fingerprint density at radius 3 is 2.58 bits per heavy atom. The molecule has 0 aliphatic carbocycles. The molecule has 7 heteroatoms. The molecule has 2 heterocycles. The van der Waals surface area contributed by atoms with Crippen LogP contribution >= 0.6 is 0 Å². The van der Waals surface area contributed by atoms with Gasteiger partial charge < -0.3 is 24.0 Å². The molecule has 2 aliphatic rings. The van der Waals surface area contributed by atoms with E-state index in [2.05, 4.69) is 13.8 Å². The van der Waals surface area contributed by atoms with Gasteiger partial charge >= 0.3 is 0 Å². The van der Waals surface area contributed by atoms with Crippen molar-refractivity contribution < 1.29 is 23.8 Å². The van der Waals surface area contributed by atoms with Crippen molar-refractivity contribution in [1.29, 1.82) is 0 Å². The molecule has 7 nitrogen and oxygen atoms in total. The van der Waals surface area contributed by atoms with Crippen LogP contribution in [0.4, 0.5) is 0 Å². The van der Waals surface area contributed by atoms with Crippen LogP contribution in [0.3, 0.4) is 0 Å². The van der Waals surface area contributed by atoms with E-state index in [1.807, 2.05) is 30.1 Å². The molecule has 0 aromatic heterocycles. The summed E-state index contributed by atoms with van der Waals surface area (Å²) in [5, 5.41) is 0. The molecule has 0 saturated heterocycles. The fourth-order valence-electron chi connectivity index (χ4n) is 4.37. The molecule has 2 aromatic rings. The largest absolute Gasteiger partial charge is 0.491 e. The second-order valence-corrected chi connectivity index (χ2v) is 9.09. The Labute approximate surface area is 195 Å². The molecule has 2 aliphatic heterocycles. The Balaban J connectivity index is 1.64. The third-order valence-corrected chi connectivity index (χ3v) is 6.10. The number of rotatable bonds is 3. The van der Waals surface area contributed by atoms with Crippen LogP contribution in [0.2, 0.25) is 0 Å². The van der Waals surface area contributed by atoms with Crippen molar-refractivity contribution in [2.45, 2.75) is 39.2 Å². The van der Waals surface area contributed by atoms with E-state index < -0.39 is 0 Å². The first kappa shape index (κ1) is 23.0. The highest BCUT2D eigenvalue weighted by atomic mass is 16.7. The maximum absolute atomic E-state index is 13.7.